The third-order valence-corrected chi connectivity index (χ3v) is 5.76. The molecular weight excluding hydrogens is 406 g/mol. The lowest BCUT2D eigenvalue weighted by atomic mass is 9.87. The van der Waals surface area contributed by atoms with E-state index < -0.39 is 0 Å². The molecule has 0 spiro atoms. The van der Waals surface area contributed by atoms with E-state index in [0.29, 0.717) is 32.0 Å². The molecule has 150 valence electrons. The normalized spacial score (nSPS) is 11.2. The van der Waals surface area contributed by atoms with E-state index in [4.69, 9.17) is 11.6 Å². The molecule has 0 unspecified atom stereocenters. The fourth-order valence-corrected chi connectivity index (χ4v) is 3.73. The van der Waals surface area contributed by atoms with Gasteiger partial charge in [0.2, 0.25) is 0 Å². The number of carbonyl (C=O) groups excluding carboxylic acids is 2. The number of nitrogens with one attached hydrogen (secondary N) is 2. The van der Waals surface area contributed by atoms with Crippen molar-refractivity contribution in [2.24, 2.45) is 0 Å². The molecule has 1 aromatic heterocycles. The van der Waals surface area contributed by atoms with Gasteiger partial charge in [-0.05, 0) is 42.2 Å². The summed E-state index contributed by atoms with van der Waals surface area (Å²) in [4.78, 5) is 29.8. The van der Waals surface area contributed by atoms with Crippen LogP contribution < -0.4 is 10.6 Å². The van der Waals surface area contributed by atoms with Gasteiger partial charge >= 0.3 is 0 Å². The van der Waals surface area contributed by atoms with Gasteiger partial charge in [0.1, 0.15) is 4.88 Å². The lowest BCUT2D eigenvalue weighted by Crippen LogP contribution is -2.14. The van der Waals surface area contributed by atoms with Gasteiger partial charge in [-0.1, -0.05) is 68.0 Å². The first-order valence-corrected chi connectivity index (χ1v) is 10.3. The van der Waals surface area contributed by atoms with E-state index in [0.717, 1.165) is 16.9 Å². The Morgan fingerprint density at radius 2 is 1.62 bits per heavy atom. The highest BCUT2D eigenvalue weighted by molar-refractivity contribution is 7.17. The number of nitrogens with zero attached hydrogens (tertiary/aromatic N) is 1. The smallest absolute Gasteiger partial charge is 0.267 e. The van der Waals surface area contributed by atoms with Crippen LogP contribution in [0.4, 0.5) is 10.8 Å². The summed E-state index contributed by atoms with van der Waals surface area (Å²) in [6.07, 6.45) is 0. The molecule has 0 radical (unpaired) electrons. The van der Waals surface area contributed by atoms with Crippen LogP contribution >= 0.6 is 22.9 Å². The molecule has 3 aromatic rings. The number of anilines is 2. The van der Waals surface area contributed by atoms with Crippen LogP contribution in [0.25, 0.3) is 0 Å². The molecule has 1 heterocycles. The van der Waals surface area contributed by atoms with Crippen molar-refractivity contribution in [2.75, 3.05) is 10.6 Å². The number of carbonyl (C=O) groups is 2. The fraction of sp³-hybridized carbons (Fsp3) is 0.227. The molecular formula is C22H22ClN3O2S. The van der Waals surface area contributed by atoms with Crippen molar-refractivity contribution in [3.05, 3.63) is 75.3 Å². The summed E-state index contributed by atoms with van der Waals surface area (Å²) in [5.74, 6) is -0.583. The number of rotatable bonds is 4. The number of amides is 2. The Bertz CT molecular complexity index is 1050. The van der Waals surface area contributed by atoms with Crippen molar-refractivity contribution >= 4 is 45.6 Å². The lowest BCUT2D eigenvalue weighted by Gasteiger charge is -2.18. The molecule has 0 aliphatic carbocycles. The van der Waals surface area contributed by atoms with Crippen LogP contribution in [-0.2, 0) is 5.41 Å². The van der Waals surface area contributed by atoms with Crippen molar-refractivity contribution in [3.63, 3.8) is 0 Å². The second-order valence-corrected chi connectivity index (χ2v) is 9.06. The standard InChI is InChI=1S/C22H22ClN3O2S/c1-13-18(20(28)25-17-8-6-5-7-16(17)23)29-21(24-13)26-19(27)14-9-11-15(12-10-14)22(2,3)4/h5-12H,1-4H3,(H,25,28)(H,24,26,27). The zero-order chi connectivity index (χ0) is 21.2. The van der Waals surface area contributed by atoms with Gasteiger partial charge in [0, 0.05) is 5.56 Å². The highest BCUT2D eigenvalue weighted by Gasteiger charge is 2.19. The maximum absolute atomic E-state index is 12.6. The molecule has 7 heteroatoms. The maximum Gasteiger partial charge on any atom is 0.267 e. The molecule has 0 aliphatic rings. The van der Waals surface area contributed by atoms with Gasteiger partial charge in [-0.25, -0.2) is 4.98 Å². The first-order chi connectivity index (χ1) is 13.6. The number of hydrogen-bond acceptors (Lipinski definition) is 4. The summed E-state index contributed by atoms with van der Waals surface area (Å²) in [7, 11) is 0. The maximum atomic E-state index is 12.6. The molecule has 0 aliphatic heterocycles. The number of para-hydroxylation sites is 1. The Kier molecular flexibility index (Phi) is 6.05. The zero-order valence-electron chi connectivity index (χ0n) is 16.7. The number of thiazole rings is 1. The second kappa shape index (κ2) is 8.35. The SMILES string of the molecule is Cc1nc(NC(=O)c2ccc(C(C)(C)C)cc2)sc1C(=O)Nc1ccccc1Cl. The Labute approximate surface area is 179 Å². The van der Waals surface area contributed by atoms with Gasteiger partial charge in [0.15, 0.2) is 5.13 Å². The summed E-state index contributed by atoms with van der Waals surface area (Å²) < 4.78 is 0. The minimum Gasteiger partial charge on any atom is -0.320 e. The number of aryl methyl sites for hydroxylation is 1. The lowest BCUT2D eigenvalue weighted by molar-refractivity contribution is 0.102. The van der Waals surface area contributed by atoms with Crippen LogP contribution in [0, 0.1) is 6.92 Å². The van der Waals surface area contributed by atoms with E-state index in [-0.39, 0.29) is 17.2 Å². The van der Waals surface area contributed by atoms with Crippen LogP contribution in [0.1, 0.15) is 52.1 Å². The van der Waals surface area contributed by atoms with E-state index in [1.165, 1.54) is 0 Å². The largest absolute Gasteiger partial charge is 0.320 e. The Morgan fingerprint density at radius 1 is 0.966 bits per heavy atom. The monoisotopic (exact) mass is 427 g/mol. The minimum atomic E-state index is -0.317. The molecule has 0 saturated carbocycles. The summed E-state index contributed by atoms with van der Waals surface area (Å²) in [6, 6.07) is 14.5. The summed E-state index contributed by atoms with van der Waals surface area (Å²) in [6.45, 7) is 8.09. The van der Waals surface area contributed by atoms with Gasteiger partial charge in [0.05, 0.1) is 16.4 Å². The first kappa shape index (κ1) is 21.0. The van der Waals surface area contributed by atoms with Crippen molar-refractivity contribution in [1.29, 1.82) is 0 Å². The zero-order valence-corrected chi connectivity index (χ0v) is 18.2. The topological polar surface area (TPSA) is 71.1 Å². The number of hydrogen-bond donors (Lipinski definition) is 2. The number of aromatic nitrogens is 1. The Hall–Kier alpha value is -2.70. The van der Waals surface area contributed by atoms with Crippen molar-refractivity contribution in [1.82, 2.24) is 4.98 Å². The molecule has 0 atom stereocenters. The van der Waals surface area contributed by atoms with E-state index in [1.54, 1.807) is 43.3 Å². The highest BCUT2D eigenvalue weighted by Crippen LogP contribution is 2.27. The van der Waals surface area contributed by atoms with Crippen molar-refractivity contribution in [2.45, 2.75) is 33.1 Å². The Morgan fingerprint density at radius 3 is 2.24 bits per heavy atom. The summed E-state index contributed by atoms with van der Waals surface area (Å²) in [5.41, 5.74) is 2.77. The molecule has 2 amide bonds. The average molecular weight is 428 g/mol. The quantitative estimate of drug-likeness (QED) is 0.543. The van der Waals surface area contributed by atoms with Gasteiger partial charge in [-0.15, -0.1) is 0 Å². The predicted molar refractivity (Wildman–Crippen MR) is 119 cm³/mol. The second-order valence-electron chi connectivity index (χ2n) is 7.65. The van der Waals surface area contributed by atoms with Crippen LogP contribution in [0.2, 0.25) is 5.02 Å². The first-order valence-electron chi connectivity index (χ1n) is 9.10. The van der Waals surface area contributed by atoms with Crippen LogP contribution in [-0.4, -0.2) is 16.8 Å². The molecule has 3 rings (SSSR count). The van der Waals surface area contributed by atoms with Crippen molar-refractivity contribution in [3.8, 4) is 0 Å². The highest BCUT2D eigenvalue weighted by atomic mass is 35.5. The summed E-state index contributed by atoms with van der Waals surface area (Å²) >= 11 is 7.22. The van der Waals surface area contributed by atoms with Gasteiger partial charge in [0.25, 0.3) is 11.8 Å². The molecule has 2 N–H and O–H groups in total. The molecule has 5 nitrogen and oxygen atoms in total. The fourth-order valence-electron chi connectivity index (χ4n) is 2.69. The van der Waals surface area contributed by atoms with E-state index in [9.17, 15) is 9.59 Å². The minimum absolute atomic E-state index is 0.0192. The number of halogens is 1. The predicted octanol–water partition coefficient (Wildman–Crippen LogP) is 5.91. The van der Waals surface area contributed by atoms with Crippen LogP contribution in [0.5, 0.6) is 0 Å². The molecule has 29 heavy (non-hydrogen) atoms. The van der Waals surface area contributed by atoms with Gasteiger partial charge in [-0.3, -0.25) is 14.9 Å². The Balaban J connectivity index is 1.72. The van der Waals surface area contributed by atoms with Crippen LogP contribution in [0.15, 0.2) is 48.5 Å². The van der Waals surface area contributed by atoms with E-state index >= 15 is 0 Å². The molecule has 0 fully saturated rings. The average Bonchev–Trinajstić information content (AvgIpc) is 3.03. The number of benzene rings is 2. The van der Waals surface area contributed by atoms with Crippen LogP contribution in [0.3, 0.4) is 0 Å². The van der Waals surface area contributed by atoms with E-state index in [2.05, 4.69) is 36.4 Å². The third-order valence-electron chi connectivity index (χ3n) is 4.36. The molecule has 2 aromatic carbocycles. The van der Waals surface area contributed by atoms with Crippen molar-refractivity contribution < 1.29 is 9.59 Å². The van der Waals surface area contributed by atoms with Gasteiger partial charge < -0.3 is 5.32 Å². The molecule has 0 bridgehead atoms. The van der Waals surface area contributed by atoms with Gasteiger partial charge in [-0.2, -0.15) is 0 Å². The summed E-state index contributed by atoms with van der Waals surface area (Å²) in [5, 5.41) is 6.37. The molecule has 0 saturated heterocycles. The third kappa shape index (κ3) is 5.02. The van der Waals surface area contributed by atoms with E-state index in [1.807, 2.05) is 12.1 Å².